The van der Waals surface area contributed by atoms with E-state index < -0.39 is 20.9 Å². The molecular formula is C21H20ClN3O3S. The van der Waals surface area contributed by atoms with Crippen molar-refractivity contribution in [3.63, 3.8) is 0 Å². The maximum Gasteiger partial charge on any atom is 0.275 e. The van der Waals surface area contributed by atoms with E-state index in [2.05, 4.69) is 15.3 Å². The molecule has 1 aromatic heterocycles. The summed E-state index contributed by atoms with van der Waals surface area (Å²) in [6, 6.07) is 14.4. The number of hydrogen-bond acceptors (Lipinski definition) is 5. The summed E-state index contributed by atoms with van der Waals surface area (Å²) in [6.07, 6.45) is 2.01. The van der Waals surface area contributed by atoms with E-state index in [1.165, 1.54) is 0 Å². The Kier molecular flexibility index (Phi) is 6.30. The largest absolute Gasteiger partial charge is 0.321 e. The molecule has 150 valence electrons. The molecule has 1 N–H and O–H groups in total. The van der Waals surface area contributed by atoms with E-state index >= 15 is 0 Å². The van der Waals surface area contributed by atoms with E-state index in [0.29, 0.717) is 11.3 Å². The summed E-state index contributed by atoms with van der Waals surface area (Å²) in [5.74, 6) is -0.873. The van der Waals surface area contributed by atoms with Crippen LogP contribution in [0.25, 0.3) is 0 Å². The molecule has 29 heavy (non-hydrogen) atoms. The van der Waals surface area contributed by atoms with Gasteiger partial charge in [-0.05, 0) is 36.6 Å². The number of hydrogen-bond donors (Lipinski definition) is 1. The number of sulfone groups is 1. The molecule has 0 saturated heterocycles. The molecule has 0 spiro atoms. The second-order valence-electron chi connectivity index (χ2n) is 6.60. The number of carbonyl (C=O) groups excluding carboxylic acids is 1. The lowest BCUT2D eigenvalue weighted by molar-refractivity contribution is 0.102. The lowest BCUT2D eigenvalue weighted by atomic mass is 10.1. The Bertz CT molecular complexity index is 1130. The highest BCUT2D eigenvalue weighted by Crippen LogP contribution is 2.19. The molecule has 0 atom stereocenters. The standard InChI is InChI=1S/C21H20ClN3O3S/c1-3-15-8-10-17(11-9-15)24-20(26)19-18(22)12-23-21(25-19)29(27,28)13-16-6-4-14(2)5-7-16/h4-12H,3,13H2,1-2H3,(H,24,26). The van der Waals surface area contributed by atoms with Crippen LogP contribution in [0.5, 0.6) is 0 Å². The molecule has 0 fully saturated rings. The molecule has 6 nitrogen and oxygen atoms in total. The van der Waals surface area contributed by atoms with Gasteiger partial charge in [-0.3, -0.25) is 4.79 Å². The van der Waals surface area contributed by atoms with Crippen LogP contribution in [0.1, 0.15) is 34.1 Å². The van der Waals surface area contributed by atoms with Gasteiger partial charge in [0.25, 0.3) is 5.91 Å². The predicted molar refractivity (Wildman–Crippen MR) is 113 cm³/mol. The fourth-order valence-corrected chi connectivity index (χ4v) is 4.02. The third-order valence-electron chi connectivity index (χ3n) is 4.31. The molecule has 0 radical (unpaired) electrons. The molecule has 3 aromatic rings. The van der Waals surface area contributed by atoms with Gasteiger partial charge >= 0.3 is 0 Å². The molecule has 0 aliphatic carbocycles. The number of nitrogens with zero attached hydrogens (tertiary/aromatic N) is 2. The number of carbonyl (C=O) groups is 1. The molecule has 0 aliphatic rings. The Hall–Kier alpha value is -2.77. The van der Waals surface area contributed by atoms with E-state index in [-0.39, 0.29) is 16.5 Å². The zero-order chi connectivity index (χ0) is 21.0. The summed E-state index contributed by atoms with van der Waals surface area (Å²) in [5.41, 5.74) is 3.14. The van der Waals surface area contributed by atoms with Gasteiger partial charge in [-0.25, -0.2) is 18.4 Å². The quantitative estimate of drug-likeness (QED) is 0.592. The van der Waals surface area contributed by atoms with Crippen LogP contribution in [0, 0.1) is 6.92 Å². The van der Waals surface area contributed by atoms with Gasteiger partial charge in [0.1, 0.15) is 0 Å². The first-order chi connectivity index (χ1) is 13.8. The first-order valence-corrected chi connectivity index (χ1v) is 11.0. The molecule has 2 aromatic carbocycles. The minimum absolute atomic E-state index is 0.0260. The molecule has 8 heteroatoms. The van der Waals surface area contributed by atoms with Crippen molar-refractivity contribution in [2.45, 2.75) is 31.2 Å². The van der Waals surface area contributed by atoms with Gasteiger partial charge in [-0.1, -0.05) is 60.5 Å². The average Bonchev–Trinajstić information content (AvgIpc) is 2.70. The SMILES string of the molecule is CCc1ccc(NC(=O)c2nc(S(=O)(=O)Cc3ccc(C)cc3)ncc2Cl)cc1. The van der Waals surface area contributed by atoms with Crippen molar-refractivity contribution < 1.29 is 13.2 Å². The lowest BCUT2D eigenvalue weighted by Crippen LogP contribution is -2.18. The zero-order valence-corrected chi connectivity index (χ0v) is 17.6. The Balaban J connectivity index is 1.84. The van der Waals surface area contributed by atoms with Gasteiger partial charge in [0.15, 0.2) is 5.69 Å². The van der Waals surface area contributed by atoms with Crippen molar-refractivity contribution in [1.29, 1.82) is 0 Å². The molecule has 1 heterocycles. The Morgan fingerprint density at radius 3 is 2.28 bits per heavy atom. The van der Waals surface area contributed by atoms with Crippen molar-refractivity contribution in [2.24, 2.45) is 0 Å². The minimum atomic E-state index is -3.84. The van der Waals surface area contributed by atoms with Crippen molar-refractivity contribution in [3.05, 3.63) is 82.1 Å². The number of amides is 1. The van der Waals surface area contributed by atoms with Gasteiger partial charge in [0.2, 0.25) is 15.0 Å². The number of anilines is 1. The van der Waals surface area contributed by atoms with Gasteiger partial charge in [-0.2, -0.15) is 0 Å². The number of aromatic nitrogens is 2. The minimum Gasteiger partial charge on any atom is -0.321 e. The molecule has 1 amide bonds. The van der Waals surface area contributed by atoms with Crippen LogP contribution in [-0.2, 0) is 22.0 Å². The number of rotatable bonds is 6. The number of halogens is 1. The summed E-state index contributed by atoms with van der Waals surface area (Å²) >= 11 is 6.05. The Morgan fingerprint density at radius 2 is 1.66 bits per heavy atom. The summed E-state index contributed by atoms with van der Waals surface area (Å²) in [7, 11) is -3.84. The summed E-state index contributed by atoms with van der Waals surface area (Å²) in [5, 5.41) is 2.21. The third-order valence-corrected chi connectivity index (χ3v) is 6.06. The fourth-order valence-electron chi connectivity index (χ4n) is 2.64. The highest BCUT2D eigenvalue weighted by atomic mass is 35.5. The maximum absolute atomic E-state index is 12.7. The van der Waals surface area contributed by atoms with Crippen LogP contribution < -0.4 is 5.32 Å². The monoisotopic (exact) mass is 429 g/mol. The van der Waals surface area contributed by atoms with E-state index in [1.807, 2.05) is 38.1 Å². The second-order valence-corrected chi connectivity index (χ2v) is 8.89. The fraction of sp³-hybridized carbons (Fsp3) is 0.190. The Morgan fingerprint density at radius 1 is 1.03 bits per heavy atom. The number of nitrogens with one attached hydrogen (secondary N) is 1. The van der Waals surface area contributed by atoms with Crippen molar-refractivity contribution >= 4 is 33.0 Å². The summed E-state index contributed by atoms with van der Waals surface area (Å²) < 4.78 is 25.4. The van der Waals surface area contributed by atoms with Crippen LogP contribution in [0.3, 0.4) is 0 Å². The molecular weight excluding hydrogens is 410 g/mol. The maximum atomic E-state index is 12.7. The topological polar surface area (TPSA) is 89.0 Å². The van der Waals surface area contributed by atoms with Crippen molar-refractivity contribution in [1.82, 2.24) is 9.97 Å². The first kappa shape index (κ1) is 21.0. The van der Waals surface area contributed by atoms with Crippen LogP contribution in [0.4, 0.5) is 5.69 Å². The molecule has 0 saturated carbocycles. The van der Waals surface area contributed by atoms with Crippen LogP contribution >= 0.6 is 11.6 Å². The van der Waals surface area contributed by atoms with E-state index in [0.717, 1.165) is 23.7 Å². The van der Waals surface area contributed by atoms with E-state index in [1.54, 1.807) is 24.3 Å². The highest BCUT2D eigenvalue weighted by molar-refractivity contribution is 7.90. The van der Waals surface area contributed by atoms with Gasteiger partial charge < -0.3 is 5.32 Å². The molecule has 3 rings (SSSR count). The van der Waals surface area contributed by atoms with E-state index in [9.17, 15) is 13.2 Å². The Labute approximate surface area is 174 Å². The summed E-state index contributed by atoms with van der Waals surface area (Å²) in [4.78, 5) is 20.4. The molecule has 0 aliphatic heterocycles. The van der Waals surface area contributed by atoms with Crippen LogP contribution in [0.15, 0.2) is 59.9 Å². The molecule has 0 unspecified atom stereocenters. The lowest BCUT2D eigenvalue weighted by Gasteiger charge is -2.09. The van der Waals surface area contributed by atoms with Gasteiger partial charge in [-0.15, -0.1) is 0 Å². The van der Waals surface area contributed by atoms with Crippen molar-refractivity contribution in [2.75, 3.05) is 5.32 Å². The third kappa shape index (κ3) is 5.19. The molecule has 0 bridgehead atoms. The second kappa shape index (κ2) is 8.71. The normalized spacial score (nSPS) is 11.3. The van der Waals surface area contributed by atoms with Gasteiger partial charge in [0.05, 0.1) is 17.0 Å². The number of benzene rings is 2. The average molecular weight is 430 g/mol. The van der Waals surface area contributed by atoms with Crippen LogP contribution in [0.2, 0.25) is 5.02 Å². The van der Waals surface area contributed by atoms with Crippen LogP contribution in [-0.4, -0.2) is 24.3 Å². The highest BCUT2D eigenvalue weighted by Gasteiger charge is 2.23. The first-order valence-electron chi connectivity index (χ1n) is 8.99. The van der Waals surface area contributed by atoms with Gasteiger partial charge in [0, 0.05) is 5.69 Å². The predicted octanol–water partition coefficient (Wildman–Crippen LogP) is 4.23. The summed E-state index contributed by atoms with van der Waals surface area (Å²) in [6.45, 7) is 3.95. The zero-order valence-electron chi connectivity index (χ0n) is 16.0. The van der Waals surface area contributed by atoms with E-state index in [4.69, 9.17) is 11.6 Å². The van der Waals surface area contributed by atoms with Crippen molar-refractivity contribution in [3.8, 4) is 0 Å². The smallest absolute Gasteiger partial charge is 0.275 e. The number of aryl methyl sites for hydroxylation is 2.